The van der Waals surface area contributed by atoms with E-state index in [9.17, 15) is 14.4 Å². The zero-order valence-electron chi connectivity index (χ0n) is 15.2. The van der Waals surface area contributed by atoms with Gasteiger partial charge in [-0.25, -0.2) is 14.4 Å². The molecule has 0 fully saturated rings. The normalized spacial score (nSPS) is 13.0. The SMILES string of the molecule is CC(C)(C)OC(=O)NC(Cc1cc(C(=O)O)no1)C(=O)OC(C)(C)C. The molecule has 2 N–H and O–H groups in total. The zero-order valence-corrected chi connectivity index (χ0v) is 15.2. The molecule has 0 aliphatic heterocycles. The number of alkyl carbamates (subject to hydrolysis) is 1. The third kappa shape index (κ3) is 7.69. The molecule has 0 aromatic carbocycles. The van der Waals surface area contributed by atoms with Gasteiger partial charge in [-0.05, 0) is 41.5 Å². The number of carbonyl (C=O) groups excluding carboxylic acids is 2. The van der Waals surface area contributed by atoms with E-state index in [1.807, 2.05) is 0 Å². The number of nitrogens with one attached hydrogen (secondary N) is 1. The molecule has 140 valence electrons. The van der Waals surface area contributed by atoms with Crippen LogP contribution in [0.5, 0.6) is 0 Å². The Kier molecular flexibility index (Phi) is 6.17. The number of esters is 1. The number of aromatic nitrogens is 1. The molecule has 1 atom stereocenters. The van der Waals surface area contributed by atoms with Crippen molar-refractivity contribution in [3.8, 4) is 0 Å². The minimum Gasteiger partial charge on any atom is -0.476 e. The first kappa shape index (κ1) is 20.5. The number of aromatic carboxylic acids is 1. The quantitative estimate of drug-likeness (QED) is 0.768. The second-order valence-electron chi connectivity index (χ2n) is 7.42. The summed E-state index contributed by atoms with van der Waals surface area (Å²) >= 11 is 0. The molecule has 1 rings (SSSR count). The van der Waals surface area contributed by atoms with Crippen LogP contribution >= 0.6 is 0 Å². The van der Waals surface area contributed by atoms with Crippen molar-refractivity contribution in [3.63, 3.8) is 0 Å². The third-order valence-electron chi connectivity index (χ3n) is 2.57. The van der Waals surface area contributed by atoms with E-state index in [0.29, 0.717) is 0 Å². The summed E-state index contributed by atoms with van der Waals surface area (Å²) in [6.45, 7) is 10.1. The van der Waals surface area contributed by atoms with Crippen molar-refractivity contribution in [2.75, 3.05) is 0 Å². The Bertz CT molecular complexity index is 638. The fourth-order valence-corrected chi connectivity index (χ4v) is 1.73. The highest BCUT2D eigenvalue weighted by Crippen LogP contribution is 2.14. The van der Waals surface area contributed by atoms with E-state index in [0.717, 1.165) is 0 Å². The van der Waals surface area contributed by atoms with E-state index in [1.54, 1.807) is 41.5 Å². The van der Waals surface area contributed by atoms with Crippen LogP contribution < -0.4 is 5.32 Å². The Hall–Kier alpha value is -2.58. The van der Waals surface area contributed by atoms with Crippen molar-refractivity contribution < 1.29 is 33.5 Å². The molecule has 1 aromatic heterocycles. The van der Waals surface area contributed by atoms with E-state index in [1.165, 1.54) is 6.07 Å². The van der Waals surface area contributed by atoms with Crippen molar-refractivity contribution in [2.24, 2.45) is 0 Å². The van der Waals surface area contributed by atoms with Gasteiger partial charge in [0.2, 0.25) is 0 Å². The highest BCUT2D eigenvalue weighted by atomic mass is 16.6. The molecular weight excluding hydrogens is 332 g/mol. The molecule has 0 aliphatic rings. The van der Waals surface area contributed by atoms with E-state index in [-0.39, 0.29) is 17.9 Å². The summed E-state index contributed by atoms with van der Waals surface area (Å²) < 4.78 is 15.3. The van der Waals surface area contributed by atoms with Gasteiger partial charge >= 0.3 is 18.0 Å². The van der Waals surface area contributed by atoms with Crippen LogP contribution in [0.25, 0.3) is 0 Å². The minimum absolute atomic E-state index is 0.115. The van der Waals surface area contributed by atoms with Gasteiger partial charge in [0.1, 0.15) is 23.0 Å². The first-order chi connectivity index (χ1) is 11.3. The number of nitrogens with zero attached hydrogens (tertiary/aromatic N) is 1. The van der Waals surface area contributed by atoms with Crippen LogP contribution in [0.3, 0.4) is 0 Å². The number of hydrogen-bond acceptors (Lipinski definition) is 7. The van der Waals surface area contributed by atoms with Crippen molar-refractivity contribution in [2.45, 2.75) is 65.2 Å². The van der Waals surface area contributed by atoms with Crippen LogP contribution in [0, 0.1) is 0 Å². The minimum atomic E-state index is -1.26. The number of carboxylic acid groups (broad SMARTS) is 1. The van der Waals surface area contributed by atoms with Gasteiger partial charge in [0.15, 0.2) is 5.69 Å². The predicted octanol–water partition coefficient (Wildman–Crippen LogP) is 2.15. The highest BCUT2D eigenvalue weighted by Gasteiger charge is 2.30. The fourth-order valence-electron chi connectivity index (χ4n) is 1.73. The summed E-state index contributed by atoms with van der Waals surface area (Å²) in [5.41, 5.74) is -1.81. The highest BCUT2D eigenvalue weighted by molar-refractivity contribution is 5.85. The van der Waals surface area contributed by atoms with E-state index in [2.05, 4.69) is 10.5 Å². The summed E-state index contributed by atoms with van der Waals surface area (Å²) in [5, 5.41) is 14.6. The maximum atomic E-state index is 12.3. The number of hydrogen-bond donors (Lipinski definition) is 2. The van der Waals surface area contributed by atoms with Crippen molar-refractivity contribution >= 4 is 18.0 Å². The van der Waals surface area contributed by atoms with Crippen LogP contribution in [0.15, 0.2) is 10.6 Å². The molecule has 9 nitrogen and oxygen atoms in total. The van der Waals surface area contributed by atoms with Gasteiger partial charge in [0.05, 0.1) is 0 Å². The van der Waals surface area contributed by atoms with Gasteiger partial charge in [0.25, 0.3) is 0 Å². The maximum Gasteiger partial charge on any atom is 0.408 e. The molecule has 25 heavy (non-hydrogen) atoms. The molecule has 0 aliphatic carbocycles. The van der Waals surface area contributed by atoms with Gasteiger partial charge in [-0.3, -0.25) is 0 Å². The number of ether oxygens (including phenoxy) is 2. The second kappa shape index (κ2) is 7.54. The number of carbonyl (C=O) groups is 3. The third-order valence-corrected chi connectivity index (χ3v) is 2.57. The Morgan fingerprint density at radius 3 is 2.16 bits per heavy atom. The average molecular weight is 356 g/mol. The largest absolute Gasteiger partial charge is 0.476 e. The topological polar surface area (TPSA) is 128 Å². The lowest BCUT2D eigenvalue weighted by atomic mass is 10.1. The summed E-state index contributed by atoms with van der Waals surface area (Å²) in [4.78, 5) is 35.1. The van der Waals surface area contributed by atoms with Crippen LogP contribution in [-0.2, 0) is 20.7 Å². The lowest BCUT2D eigenvalue weighted by Crippen LogP contribution is -2.47. The summed E-state index contributed by atoms with van der Waals surface area (Å²) in [6.07, 6.45) is -0.935. The molecule has 1 heterocycles. The van der Waals surface area contributed by atoms with Crippen molar-refractivity contribution in [1.29, 1.82) is 0 Å². The van der Waals surface area contributed by atoms with Crippen LogP contribution in [0.1, 0.15) is 57.8 Å². The Labute approximate surface area is 145 Å². The summed E-state index contributed by atoms with van der Waals surface area (Å²) in [7, 11) is 0. The van der Waals surface area contributed by atoms with Gasteiger partial charge in [-0.15, -0.1) is 0 Å². The molecule has 9 heteroatoms. The maximum absolute atomic E-state index is 12.3. The van der Waals surface area contributed by atoms with Gasteiger partial charge in [-0.1, -0.05) is 5.16 Å². The van der Waals surface area contributed by atoms with Crippen molar-refractivity contribution in [3.05, 3.63) is 17.5 Å². The van der Waals surface area contributed by atoms with E-state index >= 15 is 0 Å². The monoisotopic (exact) mass is 356 g/mol. The molecule has 1 aromatic rings. The smallest absolute Gasteiger partial charge is 0.408 e. The Morgan fingerprint density at radius 1 is 1.16 bits per heavy atom. The van der Waals surface area contributed by atoms with Gasteiger partial charge < -0.3 is 24.4 Å². The Balaban J connectivity index is 2.91. The van der Waals surface area contributed by atoms with E-state index < -0.39 is 35.3 Å². The van der Waals surface area contributed by atoms with Crippen LogP contribution in [0.4, 0.5) is 4.79 Å². The standard InChI is InChI=1S/C16H24N2O7/c1-15(2,3)23-13(21)11(17-14(22)24-16(4,5)6)8-9-7-10(12(19)20)18-25-9/h7,11H,8H2,1-6H3,(H,17,22)(H,19,20). The predicted molar refractivity (Wildman–Crippen MR) is 86.2 cm³/mol. The van der Waals surface area contributed by atoms with Crippen LogP contribution in [0.2, 0.25) is 0 Å². The second-order valence-corrected chi connectivity index (χ2v) is 7.42. The zero-order chi connectivity index (χ0) is 19.4. The lowest BCUT2D eigenvalue weighted by molar-refractivity contribution is -0.157. The number of carboxylic acids is 1. The van der Waals surface area contributed by atoms with E-state index in [4.69, 9.17) is 19.1 Å². The molecule has 1 unspecified atom stereocenters. The van der Waals surface area contributed by atoms with Crippen molar-refractivity contribution in [1.82, 2.24) is 10.5 Å². The molecule has 1 amide bonds. The molecule has 0 saturated heterocycles. The Morgan fingerprint density at radius 2 is 1.72 bits per heavy atom. The van der Waals surface area contributed by atoms with Crippen LogP contribution in [-0.4, -0.2) is 45.5 Å². The molecule has 0 spiro atoms. The van der Waals surface area contributed by atoms with Gasteiger partial charge in [-0.2, -0.15) is 0 Å². The number of rotatable bonds is 5. The lowest BCUT2D eigenvalue weighted by Gasteiger charge is -2.25. The molecular formula is C16H24N2O7. The molecule has 0 saturated carbocycles. The average Bonchev–Trinajstić information content (AvgIpc) is 2.82. The summed E-state index contributed by atoms with van der Waals surface area (Å²) in [5.74, 6) is -1.85. The fraction of sp³-hybridized carbons (Fsp3) is 0.625. The molecule has 0 bridgehead atoms. The summed E-state index contributed by atoms with van der Waals surface area (Å²) in [6, 6.07) is 0.0555. The number of amides is 1. The van der Waals surface area contributed by atoms with Gasteiger partial charge in [0, 0.05) is 12.5 Å². The first-order valence-electron chi connectivity index (χ1n) is 7.68. The molecule has 0 radical (unpaired) electrons. The first-order valence-corrected chi connectivity index (χ1v) is 7.68.